The molecule has 0 heterocycles. The van der Waals surface area contributed by atoms with Gasteiger partial charge in [0, 0.05) is 0 Å². The van der Waals surface area contributed by atoms with Crippen molar-refractivity contribution in [3.8, 4) is 0 Å². The third-order valence-electron chi connectivity index (χ3n) is 3.20. The fourth-order valence-corrected chi connectivity index (χ4v) is 2.40. The zero-order valence-electron chi connectivity index (χ0n) is 10.5. The van der Waals surface area contributed by atoms with Crippen LogP contribution in [-0.2, 0) is 0 Å². The summed E-state index contributed by atoms with van der Waals surface area (Å²) in [5.74, 6) is 0.457. The van der Waals surface area contributed by atoms with Crippen molar-refractivity contribution in [3.63, 3.8) is 0 Å². The standard InChI is InChI=1S/C13H17F.C2H6/c14-13-10-6-5-9-12(13)11-7-3-1-2-4-8-11;1-2/h5-6,9-11H,1-4,7-8H2;1-2H3. The number of rotatable bonds is 1. The Bertz CT molecular complexity index is 285. The lowest BCUT2D eigenvalue weighted by atomic mass is 9.91. The third kappa shape index (κ3) is 3.62. The van der Waals surface area contributed by atoms with Crippen LogP contribution in [0.15, 0.2) is 24.3 Å². The first-order valence-electron chi connectivity index (χ1n) is 6.62. The molecule has 2 rings (SSSR count). The van der Waals surface area contributed by atoms with E-state index in [0.717, 1.165) is 5.56 Å². The first-order valence-corrected chi connectivity index (χ1v) is 6.62. The highest BCUT2D eigenvalue weighted by molar-refractivity contribution is 5.21. The van der Waals surface area contributed by atoms with Crippen LogP contribution in [0.25, 0.3) is 0 Å². The molecule has 0 bridgehead atoms. The van der Waals surface area contributed by atoms with Crippen LogP contribution in [0.2, 0.25) is 0 Å². The van der Waals surface area contributed by atoms with E-state index in [0.29, 0.717) is 5.92 Å². The Kier molecular flexibility index (Phi) is 6.14. The molecular weight excluding hydrogens is 199 g/mol. The van der Waals surface area contributed by atoms with E-state index in [9.17, 15) is 4.39 Å². The van der Waals surface area contributed by atoms with Gasteiger partial charge in [-0.1, -0.05) is 57.7 Å². The summed E-state index contributed by atoms with van der Waals surface area (Å²) in [4.78, 5) is 0. The first-order chi connectivity index (χ1) is 7.88. The molecule has 0 saturated heterocycles. The molecule has 90 valence electrons. The number of hydrogen-bond acceptors (Lipinski definition) is 0. The van der Waals surface area contributed by atoms with Gasteiger partial charge in [-0.2, -0.15) is 0 Å². The maximum absolute atomic E-state index is 13.5. The van der Waals surface area contributed by atoms with Gasteiger partial charge in [0.05, 0.1) is 0 Å². The van der Waals surface area contributed by atoms with Crippen molar-refractivity contribution >= 4 is 0 Å². The molecule has 0 nitrogen and oxygen atoms in total. The van der Waals surface area contributed by atoms with Gasteiger partial charge < -0.3 is 0 Å². The van der Waals surface area contributed by atoms with E-state index >= 15 is 0 Å². The summed E-state index contributed by atoms with van der Waals surface area (Å²) in [7, 11) is 0. The highest BCUT2D eigenvalue weighted by Crippen LogP contribution is 2.32. The smallest absolute Gasteiger partial charge is 0.126 e. The van der Waals surface area contributed by atoms with Gasteiger partial charge in [0.25, 0.3) is 0 Å². The molecule has 1 heteroatoms. The first kappa shape index (κ1) is 13.2. The van der Waals surface area contributed by atoms with Crippen LogP contribution < -0.4 is 0 Å². The Morgan fingerprint density at radius 3 is 2.06 bits per heavy atom. The molecule has 0 radical (unpaired) electrons. The molecule has 0 atom stereocenters. The highest BCUT2D eigenvalue weighted by Gasteiger charge is 2.16. The van der Waals surface area contributed by atoms with Crippen LogP contribution in [0.1, 0.15) is 63.9 Å². The Hall–Kier alpha value is -0.850. The molecule has 0 amide bonds. The van der Waals surface area contributed by atoms with Crippen molar-refractivity contribution < 1.29 is 4.39 Å². The average molecular weight is 222 g/mol. The fraction of sp³-hybridized carbons (Fsp3) is 0.600. The summed E-state index contributed by atoms with van der Waals surface area (Å²) in [6, 6.07) is 7.25. The van der Waals surface area contributed by atoms with Crippen molar-refractivity contribution in [1.82, 2.24) is 0 Å². The summed E-state index contributed by atoms with van der Waals surface area (Å²) in [5.41, 5.74) is 0.939. The molecule has 1 saturated carbocycles. The number of halogens is 1. The minimum absolute atomic E-state index is 0.0144. The van der Waals surface area contributed by atoms with Crippen LogP contribution in [0.5, 0.6) is 0 Å². The molecule has 0 N–H and O–H groups in total. The lowest BCUT2D eigenvalue weighted by Crippen LogP contribution is -1.99. The van der Waals surface area contributed by atoms with Crippen molar-refractivity contribution in [1.29, 1.82) is 0 Å². The van der Waals surface area contributed by atoms with Gasteiger partial charge in [-0.3, -0.25) is 0 Å². The fourth-order valence-electron chi connectivity index (χ4n) is 2.40. The lowest BCUT2D eigenvalue weighted by Gasteiger charge is -2.14. The van der Waals surface area contributed by atoms with E-state index in [2.05, 4.69) is 0 Å². The molecule has 0 spiro atoms. The molecule has 0 aromatic heterocycles. The van der Waals surface area contributed by atoms with Crippen LogP contribution >= 0.6 is 0 Å². The highest BCUT2D eigenvalue weighted by atomic mass is 19.1. The van der Waals surface area contributed by atoms with E-state index in [1.165, 1.54) is 38.5 Å². The quantitative estimate of drug-likeness (QED) is 0.566. The van der Waals surface area contributed by atoms with Gasteiger partial charge in [-0.05, 0) is 30.4 Å². The summed E-state index contributed by atoms with van der Waals surface area (Å²) < 4.78 is 13.5. The van der Waals surface area contributed by atoms with E-state index in [1.807, 2.05) is 26.0 Å². The van der Waals surface area contributed by atoms with E-state index < -0.39 is 0 Å². The van der Waals surface area contributed by atoms with Crippen LogP contribution in [0, 0.1) is 5.82 Å². The zero-order valence-corrected chi connectivity index (χ0v) is 10.5. The van der Waals surface area contributed by atoms with Gasteiger partial charge in [-0.15, -0.1) is 0 Å². The molecule has 1 aliphatic rings. The predicted octanol–water partition coefficient (Wildman–Crippen LogP) is 5.29. The zero-order chi connectivity index (χ0) is 11.8. The second-order valence-corrected chi connectivity index (χ2v) is 4.21. The largest absolute Gasteiger partial charge is 0.207 e. The van der Waals surface area contributed by atoms with Gasteiger partial charge in [0.15, 0.2) is 0 Å². The molecule has 0 unspecified atom stereocenters. The Morgan fingerprint density at radius 2 is 1.50 bits per heavy atom. The number of benzene rings is 1. The van der Waals surface area contributed by atoms with Gasteiger partial charge in [0.2, 0.25) is 0 Å². The van der Waals surface area contributed by atoms with Crippen LogP contribution in [0.3, 0.4) is 0 Å². The van der Waals surface area contributed by atoms with Crippen LogP contribution in [-0.4, -0.2) is 0 Å². The third-order valence-corrected chi connectivity index (χ3v) is 3.20. The summed E-state index contributed by atoms with van der Waals surface area (Å²) in [6.45, 7) is 4.00. The van der Waals surface area contributed by atoms with Gasteiger partial charge in [0.1, 0.15) is 5.82 Å². The Morgan fingerprint density at radius 1 is 0.938 bits per heavy atom. The van der Waals surface area contributed by atoms with Gasteiger partial charge in [-0.25, -0.2) is 4.39 Å². The van der Waals surface area contributed by atoms with Crippen LogP contribution in [0.4, 0.5) is 4.39 Å². The minimum atomic E-state index is -0.0144. The second kappa shape index (κ2) is 7.43. The average Bonchev–Trinajstić information content (AvgIpc) is 2.61. The normalized spacial score (nSPS) is 17.2. The Balaban J connectivity index is 0.000000606. The number of hydrogen-bond donors (Lipinski definition) is 0. The van der Waals surface area contributed by atoms with E-state index in [-0.39, 0.29) is 5.82 Å². The Labute approximate surface area is 98.9 Å². The van der Waals surface area contributed by atoms with E-state index in [4.69, 9.17) is 0 Å². The summed E-state index contributed by atoms with van der Waals surface area (Å²) in [5, 5.41) is 0. The minimum Gasteiger partial charge on any atom is -0.207 e. The second-order valence-electron chi connectivity index (χ2n) is 4.21. The molecule has 16 heavy (non-hydrogen) atoms. The molecule has 1 fully saturated rings. The summed E-state index contributed by atoms with van der Waals surface area (Å²) in [6.07, 6.45) is 7.51. The topological polar surface area (TPSA) is 0 Å². The summed E-state index contributed by atoms with van der Waals surface area (Å²) >= 11 is 0. The SMILES string of the molecule is CC.Fc1ccccc1C1CCCCCC1. The molecule has 1 aliphatic carbocycles. The lowest BCUT2D eigenvalue weighted by molar-refractivity contribution is 0.537. The van der Waals surface area contributed by atoms with Crippen molar-refractivity contribution in [2.24, 2.45) is 0 Å². The van der Waals surface area contributed by atoms with E-state index in [1.54, 1.807) is 12.1 Å². The molecule has 1 aromatic rings. The molecule has 0 aliphatic heterocycles. The molecule has 1 aromatic carbocycles. The van der Waals surface area contributed by atoms with Crippen molar-refractivity contribution in [3.05, 3.63) is 35.6 Å². The monoisotopic (exact) mass is 222 g/mol. The van der Waals surface area contributed by atoms with Crippen molar-refractivity contribution in [2.45, 2.75) is 58.3 Å². The maximum Gasteiger partial charge on any atom is 0.126 e. The molecular formula is C15H23F. The van der Waals surface area contributed by atoms with Crippen molar-refractivity contribution in [2.75, 3.05) is 0 Å². The predicted molar refractivity (Wildman–Crippen MR) is 68.2 cm³/mol. The van der Waals surface area contributed by atoms with Gasteiger partial charge >= 0.3 is 0 Å². The maximum atomic E-state index is 13.5.